The van der Waals surface area contributed by atoms with Gasteiger partial charge in [-0.05, 0) is 30.3 Å². The Morgan fingerprint density at radius 1 is 1.19 bits per heavy atom. The summed E-state index contributed by atoms with van der Waals surface area (Å²) < 4.78 is 23.9. The molecule has 1 N–H and O–H groups in total. The van der Waals surface area contributed by atoms with E-state index < -0.39 is 5.82 Å². The van der Waals surface area contributed by atoms with Crippen LogP contribution >= 0.6 is 23.4 Å². The normalized spacial score (nSPS) is 10.9. The topological polar surface area (TPSA) is 120 Å². The van der Waals surface area contributed by atoms with Crippen LogP contribution in [0.15, 0.2) is 56.9 Å². The van der Waals surface area contributed by atoms with Crippen LogP contribution in [0.3, 0.4) is 0 Å². The number of benzene rings is 1. The molecule has 158 valence electrons. The van der Waals surface area contributed by atoms with Crippen molar-refractivity contribution in [1.82, 2.24) is 25.3 Å². The number of aromatic nitrogens is 5. The zero-order valence-electron chi connectivity index (χ0n) is 15.8. The molecule has 0 fully saturated rings. The predicted molar refractivity (Wildman–Crippen MR) is 110 cm³/mol. The second kappa shape index (κ2) is 9.67. The molecular weight excluding hydrogens is 447 g/mol. The second-order valence-corrected chi connectivity index (χ2v) is 7.51. The minimum atomic E-state index is -0.551. The molecule has 4 aromatic rings. The number of hydrogen-bond acceptors (Lipinski definition) is 9. The van der Waals surface area contributed by atoms with Gasteiger partial charge >= 0.3 is 0 Å². The number of carbonyl (C=O) groups excluding carboxylic acids is 1. The summed E-state index contributed by atoms with van der Waals surface area (Å²) in [6, 6.07) is 7.50. The van der Waals surface area contributed by atoms with E-state index in [9.17, 15) is 9.18 Å². The molecule has 0 saturated carbocycles. The number of halogens is 2. The van der Waals surface area contributed by atoms with Gasteiger partial charge < -0.3 is 14.3 Å². The van der Waals surface area contributed by atoms with Gasteiger partial charge in [0.1, 0.15) is 5.82 Å². The maximum absolute atomic E-state index is 13.2. The molecule has 3 aromatic heterocycles. The lowest BCUT2D eigenvalue weighted by Crippen LogP contribution is -2.12. The van der Waals surface area contributed by atoms with Gasteiger partial charge in [0.15, 0.2) is 5.82 Å². The van der Waals surface area contributed by atoms with Crippen LogP contribution in [-0.4, -0.2) is 31.2 Å². The Balaban J connectivity index is 1.25. The van der Waals surface area contributed by atoms with Crippen LogP contribution < -0.4 is 5.32 Å². The molecule has 0 radical (unpaired) electrons. The highest BCUT2D eigenvalue weighted by Crippen LogP contribution is 2.25. The first-order chi connectivity index (χ1) is 15.1. The zero-order chi connectivity index (χ0) is 21.6. The summed E-state index contributed by atoms with van der Waals surface area (Å²) in [5, 5.41) is 14.8. The summed E-state index contributed by atoms with van der Waals surface area (Å²) in [5.41, 5.74) is 1.18. The number of carbonyl (C=O) groups is 1. The van der Waals surface area contributed by atoms with Crippen LogP contribution in [0.2, 0.25) is 5.02 Å². The summed E-state index contributed by atoms with van der Waals surface area (Å²) in [4.78, 5) is 20.2. The molecule has 0 spiro atoms. The predicted octanol–water partition coefficient (Wildman–Crippen LogP) is 4.17. The van der Waals surface area contributed by atoms with Crippen molar-refractivity contribution in [3.05, 3.63) is 65.3 Å². The molecule has 12 heteroatoms. The number of aryl methyl sites for hydroxylation is 1. The standard InChI is InChI=1S/C19H14ClFN6O3S/c20-13-9-12(1-2-14(13)21)23-16(28)3-4-17-24-15(27-30-17)10-31-19-26-25-18(29-19)11-5-7-22-8-6-11/h1-2,5-9H,3-4,10H2,(H,23,28). The monoisotopic (exact) mass is 460 g/mol. The number of hydrogen-bond donors (Lipinski definition) is 1. The van der Waals surface area contributed by atoms with Gasteiger partial charge in [-0.1, -0.05) is 28.5 Å². The summed E-state index contributed by atoms with van der Waals surface area (Å²) >= 11 is 6.97. The molecule has 9 nitrogen and oxygen atoms in total. The Kier molecular flexibility index (Phi) is 6.53. The first kappa shape index (κ1) is 20.9. The van der Waals surface area contributed by atoms with Gasteiger partial charge in [0.25, 0.3) is 5.22 Å². The van der Waals surface area contributed by atoms with E-state index in [1.807, 2.05) is 0 Å². The number of anilines is 1. The van der Waals surface area contributed by atoms with Crippen molar-refractivity contribution >= 4 is 35.0 Å². The van der Waals surface area contributed by atoms with Crippen LogP contribution in [0.4, 0.5) is 10.1 Å². The number of pyridine rings is 1. The van der Waals surface area contributed by atoms with Gasteiger partial charge in [0.05, 0.1) is 10.8 Å². The Bertz CT molecular complexity index is 1190. The van der Waals surface area contributed by atoms with E-state index in [0.29, 0.717) is 34.3 Å². The first-order valence-corrected chi connectivity index (χ1v) is 10.4. The van der Waals surface area contributed by atoms with Gasteiger partial charge in [-0.15, -0.1) is 10.2 Å². The van der Waals surface area contributed by atoms with Gasteiger partial charge in [-0.3, -0.25) is 9.78 Å². The molecule has 4 rings (SSSR count). The Morgan fingerprint density at radius 2 is 2.03 bits per heavy atom. The minimum absolute atomic E-state index is 0.0639. The molecule has 0 aliphatic heterocycles. The van der Waals surface area contributed by atoms with Crippen LogP contribution in [0, 0.1) is 5.82 Å². The molecular formula is C19H14ClFN6O3S. The lowest BCUT2D eigenvalue weighted by Gasteiger charge is -2.04. The van der Waals surface area contributed by atoms with Crippen LogP contribution in [0.5, 0.6) is 0 Å². The van der Waals surface area contributed by atoms with E-state index >= 15 is 0 Å². The number of nitrogens with one attached hydrogen (secondary N) is 1. The zero-order valence-corrected chi connectivity index (χ0v) is 17.4. The first-order valence-electron chi connectivity index (χ1n) is 9.00. The Morgan fingerprint density at radius 3 is 2.84 bits per heavy atom. The molecule has 31 heavy (non-hydrogen) atoms. The van der Waals surface area contributed by atoms with Crippen molar-refractivity contribution in [3.8, 4) is 11.5 Å². The van der Waals surface area contributed by atoms with Crippen LogP contribution in [-0.2, 0) is 17.0 Å². The van der Waals surface area contributed by atoms with Gasteiger partial charge in [0.2, 0.25) is 17.7 Å². The molecule has 1 aromatic carbocycles. The lowest BCUT2D eigenvalue weighted by atomic mass is 10.2. The fourth-order valence-corrected chi connectivity index (χ4v) is 3.26. The summed E-state index contributed by atoms with van der Waals surface area (Å²) in [7, 11) is 0. The third-order valence-electron chi connectivity index (χ3n) is 3.94. The number of nitrogens with zero attached hydrogens (tertiary/aromatic N) is 5. The summed E-state index contributed by atoms with van der Waals surface area (Å²) in [6.45, 7) is 0. The summed E-state index contributed by atoms with van der Waals surface area (Å²) in [6.07, 6.45) is 3.65. The van der Waals surface area contributed by atoms with E-state index in [0.717, 1.165) is 5.56 Å². The quantitative estimate of drug-likeness (QED) is 0.386. The molecule has 0 saturated heterocycles. The maximum Gasteiger partial charge on any atom is 0.277 e. The molecule has 0 atom stereocenters. The van der Waals surface area contributed by atoms with Crippen molar-refractivity contribution in [1.29, 1.82) is 0 Å². The van der Waals surface area contributed by atoms with E-state index in [-0.39, 0.29) is 23.8 Å². The number of thioether (sulfide) groups is 1. The average molecular weight is 461 g/mol. The van der Waals surface area contributed by atoms with Gasteiger partial charge in [-0.2, -0.15) is 4.98 Å². The number of rotatable bonds is 8. The highest BCUT2D eigenvalue weighted by atomic mass is 35.5. The van der Waals surface area contributed by atoms with Crippen LogP contribution in [0.1, 0.15) is 18.1 Å². The number of amides is 1. The third-order valence-corrected chi connectivity index (χ3v) is 5.04. The fraction of sp³-hybridized carbons (Fsp3) is 0.158. The van der Waals surface area contributed by atoms with Crippen molar-refractivity contribution in [2.75, 3.05) is 5.32 Å². The van der Waals surface area contributed by atoms with E-state index in [1.54, 1.807) is 24.5 Å². The van der Waals surface area contributed by atoms with E-state index in [2.05, 4.69) is 30.6 Å². The molecule has 0 aliphatic rings. The highest BCUT2D eigenvalue weighted by molar-refractivity contribution is 7.98. The average Bonchev–Trinajstić information content (AvgIpc) is 3.44. The Labute approximate surface area is 184 Å². The molecule has 1 amide bonds. The van der Waals surface area contributed by atoms with Gasteiger partial charge in [0, 0.05) is 36.5 Å². The molecule has 0 bridgehead atoms. The SMILES string of the molecule is O=C(CCc1nc(CSc2nnc(-c3ccncc3)o2)no1)Nc1ccc(F)c(Cl)c1. The van der Waals surface area contributed by atoms with Crippen molar-refractivity contribution in [3.63, 3.8) is 0 Å². The lowest BCUT2D eigenvalue weighted by molar-refractivity contribution is -0.116. The minimum Gasteiger partial charge on any atom is -0.411 e. The van der Waals surface area contributed by atoms with Crippen LogP contribution in [0.25, 0.3) is 11.5 Å². The van der Waals surface area contributed by atoms with Crippen molar-refractivity contribution < 1.29 is 18.1 Å². The Hall–Kier alpha value is -3.31. The van der Waals surface area contributed by atoms with E-state index in [4.69, 9.17) is 20.5 Å². The van der Waals surface area contributed by atoms with Gasteiger partial charge in [-0.25, -0.2) is 4.39 Å². The summed E-state index contributed by atoms with van der Waals surface area (Å²) in [5.74, 6) is 0.686. The highest BCUT2D eigenvalue weighted by Gasteiger charge is 2.13. The van der Waals surface area contributed by atoms with Crippen molar-refractivity contribution in [2.45, 2.75) is 23.8 Å². The third kappa shape index (κ3) is 5.64. The fourth-order valence-electron chi connectivity index (χ4n) is 2.47. The van der Waals surface area contributed by atoms with E-state index in [1.165, 1.54) is 30.0 Å². The second-order valence-electron chi connectivity index (χ2n) is 6.18. The molecule has 3 heterocycles. The molecule has 0 aliphatic carbocycles. The van der Waals surface area contributed by atoms with Crippen molar-refractivity contribution in [2.24, 2.45) is 0 Å². The maximum atomic E-state index is 13.2. The smallest absolute Gasteiger partial charge is 0.277 e. The largest absolute Gasteiger partial charge is 0.411 e. The molecule has 0 unspecified atom stereocenters.